The summed E-state index contributed by atoms with van der Waals surface area (Å²) in [5.74, 6) is 0.250. The van der Waals surface area contributed by atoms with Gasteiger partial charge in [0.25, 0.3) is 0 Å². The van der Waals surface area contributed by atoms with Gasteiger partial charge in [0.1, 0.15) is 0 Å². The lowest BCUT2D eigenvalue weighted by Crippen LogP contribution is -2.40. The van der Waals surface area contributed by atoms with Crippen molar-refractivity contribution in [1.82, 2.24) is 5.32 Å². The molecular formula is C11H24N2O2. The molecule has 15 heavy (non-hydrogen) atoms. The first-order valence-corrected chi connectivity index (χ1v) is 5.76. The second kappa shape index (κ2) is 8.68. The average Bonchev–Trinajstić information content (AvgIpc) is 2.23. The van der Waals surface area contributed by atoms with Crippen LogP contribution in [0.15, 0.2) is 0 Å². The SMILES string of the molecule is CCC[C@H](N)C(=O)NCCCC(C)CO. The zero-order chi connectivity index (χ0) is 11.7. The van der Waals surface area contributed by atoms with Crippen LogP contribution in [0, 0.1) is 5.92 Å². The van der Waals surface area contributed by atoms with E-state index in [2.05, 4.69) is 5.32 Å². The van der Waals surface area contributed by atoms with Crippen LogP contribution in [0.4, 0.5) is 0 Å². The first kappa shape index (κ1) is 14.4. The second-order valence-corrected chi connectivity index (χ2v) is 4.12. The first-order chi connectivity index (χ1) is 7.11. The van der Waals surface area contributed by atoms with Crippen LogP contribution in [-0.2, 0) is 4.79 Å². The fourth-order valence-electron chi connectivity index (χ4n) is 1.33. The number of hydrogen-bond acceptors (Lipinski definition) is 3. The van der Waals surface area contributed by atoms with Gasteiger partial charge in [-0.15, -0.1) is 0 Å². The lowest BCUT2D eigenvalue weighted by atomic mass is 10.1. The van der Waals surface area contributed by atoms with E-state index in [-0.39, 0.29) is 18.6 Å². The highest BCUT2D eigenvalue weighted by Gasteiger charge is 2.10. The summed E-state index contributed by atoms with van der Waals surface area (Å²) < 4.78 is 0. The third-order valence-electron chi connectivity index (χ3n) is 2.42. The minimum Gasteiger partial charge on any atom is -0.396 e. The summed E-state index contributed by atoms with van der Waals surface area (Å²) in [6.45, 7) is 4.87. The van der Waals surface area contributed by atoms with Gasteiger partial charge in [-0.05, 0) is 25.2 Å². The van der Waals surface area contributed by atoms with E-state index >= 15 is 0 Å². The zero-order valence-corrected chi connectivity index (χ0v) is 9.83. The van der Waals surface area contributed by atoms with Crippen LogP contribution in [0.5, 0.6) is 0 Å². The van der Waals surface area contributed by atoms with Gasteiger partial charge in [0, 0.05) is 13.2 Å². The molecule has 0 aromatic rings. The number of amides is 1. The van der Waals surface area contributed by atoms with Crippen molar-refractivity contribution < 1.29 is 9.90 Å². The predicted molar refractivity (Wildman–Crippen MR) is 61.4 cm³/mol. The number of nitrogens with two attached hydrogens (primary N) is 1. The molecule has 0 spiro atoms. The van der Waals surface area contributed by atoms with Crippen molar-refractivity contribution in [3.05, 3.63) is 0 Å². The zero-order valence-electron chi connectivity index (χ0n) is 9.83. The number of aliphatic hydroxyl groups excluding tert-OH is 1. The van der Waals surface area contributed by atoms with Crippen LogP contribution in [-0.4, -0.2) is 30.2 Å². The monoisotopic (exact) mass is 216 g/mol. The topological polar surface area (TPSA) is 75.4 Å². The molecule has 0 saturated heterocycles. The maximum atomic E-state index is 11.4. The summed E-state index contributed by atoms with van der Waals surface area (Å²) in [4.78, 5) is 11.4. The standard InChI is InChI=1S/C11H24N2O2/c1-3-5-10(12)11(15)13-7-4-6-9(2)8-14/h9-10,14H,3-8,12H2,1-2H3,(H,13,15)/t9?,10-/m0/s1. The molecule has 0 radical (unpaired) electrons. The number of rotatable bonds is 8. The Morgan fingerprint density at radius 2 is 2.13 bits per heavy atom. The summed E-state index contributed by atoms with van der Waals surface area (Å²) in [5, 5.41) is 11.6. The largest absolute Gasteiger partial charge is 0.396 e. The Morgan fingerprint density at radius 3 is 2.67 bits per heavy atom. The molecule has 0 fully saturated rings. The molecule has 0 aromatic carbocycles. The lowest BCUT2D eigenvalue weighted by molar-refractivity contribution is -0.122. The van der Waals surface area contributed by atoms with E-state index in [9.17, 15) is 4.79 Å². The van der Waals surface area contributed by atoms with Gasteiger partial charge in [-0.25, -0.2) is 0 Å². The van der Waals surface area contributed by atoms with Gasteiger partial charge in [-0.1, -0.05) is 20.3 Å². The Hall–Kier alpha value is -0.610. The maximum Gasteiger partial charge on any atom is 0.236 e. The molecule has 0 aliphatic carbocycles. The fraction of sp³-hybridized carbons (Fsp3) is 0.909. The van der Waals surface area contributed by atoms with Gasteiger partial charge < -0.3 is 16.2 Å². The molecule has 4 nitrogen and oxygen atoms in total. The first-order valence-electron chi connectivity index (χ1n) is 5.76. The van der Waals surface area contributed by atoms with Crippen LogP contribution < -0.4 is 11.1 Å². The third kappa shape index (κ3) is 7.33. The molecule has 1 amide bonds. The Kier molecular flexibility index (Phi) is 8.33. The van der Waals surface area contributed by atoms with E-state index in [1.807, 2.05) is 13.8 Å². The smallest absolute Gasteiger partial charge is 0.236 e. The van der Waals surface area contributed by atoms with Crippen molar-refractivity contribution in [2.75, 3.05) is 13.2 Å². The van der Waals surface area contributed by atoms with E-state index in [1.165, 1.54) is 0 Å². The summed E-state index contributed by atoms with van der Waals surface area (Å²) in [5.41, 5.74) is 5.64. The van der Waals surface area contributed by atoms with Gasteiger partial charge in [0.2, 0.25) is 5.91 Å². The molecule has 90 valence electrons. The number of aliphatic hydroxyl groups is 1. The van der Waals surface area contributed by atoms with Crippen LogP contribution in [0.3, 0.4) is 0 Å². The Morgan fingerprint density at radius 1 is 1.47 bits per heavy atom. The Bertz CT molecular complexity index is 174. The van der Waals surface area contributed by atoms with Gasteiger partial charge >= 0.3 is 0 Å². The van der Waals surface area contributed by atoms with E-state index in [4.69, 9.17) is 10.8 Å². The van der Waals surface area contributed by atoms with Crippen molar-refractivity contribution in [2.24, 2.45) is 11.7 Å². The minimum atomic E-state index is -0.370. The highest BCUT2D eigenvalue weighted by Crippen LogP contribution is 2.02. The lowest BCUT2D eigenvalue weighted by Gasteiger charge is -2.12. The summed E-state index contributed by atoms with van der Waals surface area (Å²) in [6.07, 6.45) is 3.49. The molecular weight excluding hydrogens is 192 g/mol. The normalized spacial score (nSPS) is 14.7. The number of hydrogen-bond donors (Lipinski definition) is 3. The van der Waals surface area contributed by atoms with Crippen molar-refractivity contribution in [3.63, 3.8) is 0 Å². The maximum absolute atomic E-state index is 11.4. The van der Waals surface area contributed by atoms with Crippen molar-refractivity contribution in [1.29, 1.82) is 0 Å². The number of carbonyl (C=O) groups excluding carboxylic acids is 1. The molecule has 2 atom stereocenters. The number of carbonyl (C=O) groups is 1. The van der Waals surface area contributed by atoms with Crippen molar-refractivity contribution >= 4 is 5.91 Å². The molecule has 0 aliphatic rings. The van der Waals surface area contributed by atoms with Crippen LogP contribution in [0.1, 0.15) is 39.5 Å². The van der Waals surface area contributed by atoms with E-state index in [0.29, 0.717) is 12.5 Å². The van der Waals surface area contributed by atoms with E-state index in [1.54, 1.807) is 0 Å². The van der Waals surface area contributed by atoms with Crippen LogP contribution in [0.2, 0.25) is 0 Å². The third-order valence-corrected chi connectivity index (χ3v) is 2.42. The van der Waals surface area contributed by atoms with Gasteiger partial charge in [-0.2, -0.15) is 0 Å². The van der Waals surface area contributed by atoms with Gasteiger partial charge in [-0.3, -0.25) is 4.79 Å². The van der Waals surface area contributed by atoms with Crippen molar-refractivity contribution in [3.8, 4) is 0 Å². The molecule has 0 bridgehead atoms. The molecule has 0 aliphatic heterocycles. The average molecular weight is 216 g/mol. The van der Waals surface area contributed by atoms with E-state index in [0.717, 1.165) is 25.7 Å². The summed E-state index contributed by atoms with van der Waals surface area (Å²) in [7, 11) is 0. The van der Waals surface area contributed by atoms with E-state index < -0.39 is 0 Å². The van der Waals surface area contributed by atoms with Crippen LogP contribution >= 0.6 is 0 Å². The quantitative estimate of drug-likeness (QED) is 0.521. The highest BCUT2D eigenvalue weighted by molar-refractivity contribution is 5.81. The van der Waals surface area contributed by atoms with Gasteiger partial charge in [0.15, 0.2) is 0 Å². The Labute approximate surface area is 92.2 Å². The second-order valence-electron chi connectivity index (χ2n) is 4.12. The fourth-order valence-corrected chi connectivity index (χ4v) is 1.33. The molecule has 1 unspecified atom stereocenters. The highest BCUT2D eigenvalue weighted by atomic mass is 16.3. The van der Waals surface area contributed by atoms with Crippen LogP contribution in [0.25, 0.3) is 0 Å². The van der Waals surface area contributed by atoms with Gasteiger partial charge in [0.05, 0.1) is 6.04 Å². The Balaban J connectivity index is 3.46. The minimum absolute atomic E-state index is 0.0616. The molecule has 0 aromatic heterocycles. The molecule has 0 rings (SSSR count). The van der Waals surface area contributed by atoms with Crippen molar-refractivity contribution in [2.45, 2.75) is 45.6 Å². The molecule has 0 saturated carbocycles. The number of nitrogens with one attached hydrogen (secondary N) is 1. The molecule has 4 heteroatoms. The predicted octanol–water partition coefficient (Wildman–Crippen LogP) is 0.639. The summed E-state index contributed by atoms with van der Waals surface area (Å²) >= 11 is 0. The molecule has 4 N–H and O–H groups in total. The summed E-state index contributed by atoms with van der Waals surface area (Å²) in [6, 6.07) is -0.370. The molecule has 0 heterocycles.